The minimum atomic E-state index is -0.809. The largest absolute Gasteiger partial charge is 0.467 e. The van der Waals surface area contributed by atoms with Crippen LogP contribution in [0.5, 0.6) is 0 Å². The zero-order valence-corrected chi connectivity index (χ0v) is 9.99. The number of carbonyl (C=O) groups is 2. The van der Waals surface area contributed by atoms with Gasteiger partial charge in [0.25, 0.3) is 11.7 Å². The van der Waals surface area contributed by atoms with E-state index in [-0.39, 0.29) is 24.7 Å². The van der Waals surface area contributed by atoms with Gasteiger partial charge in [0, 0.05) is 19.9 Å². The molecule has 2 rings (SSSR count). The van der Waals surface area contributed by atoms with Crippen LogP contribution < -0.4 is 0 Å². The molecule has 0 bridgehead atoms. The van der Waals surface area contributed by atoms with Crippen molar-refractivity contribution in [1.82, 2.24) is 15.0 Å². The molecular weight excluding hydrogens is 242 g/mol. The van der Waals surface area contributed by atoms with Gasteiger partial charge in [-0.15, -0.1) is 0 Å². The number of likely N-dealkylation sites (tertiary alicyclic amines) is 1. The maximum Gasteiger partial charge on any atom is 0.328 e. The van der Waals surface area contributed by atoms with E-state index >= 15 is 0 Å². The Balaban J connectivity index is 2.20. The molecule has 1 N–H and O–H groups in total. The van der Waals surface area contributed by atoms with Gasteiger partial charge in [-0.25, -0.2) is 4.79 Å². The third kappa shape index (κ3) is 2.19. The van der Waals surface area contributed by atoms with Crippen LogP contribution in [0.4, 0.5) is 0 Å². The van der Waals surface area contributed by atoms with Crippen molar-refractivity contribution in [2.75, 3.05) is 13.7 Å². The molecule has 0 aliphatic carbocycles. The monoisotopic (exact) mass is 255 g/mol. The van der Waals surface area contributed by atoms with Gasteiger partial charge in [-0.2, -0.15) is 4.98 Å². The maximum absolute atomic E-state index is 12.1. The maximum atomic E-state index is 12.1. The van der Waals surface area contributed by atoms with Crippen molar-refractivity contribution in [3.05, 3.63) is 11.7 Å². The summed E-state index contributed by atoms with van der Waals surface area (Å²) in [6.07, 6.45) is -0.610. The van der Waals surface area contributed by atoms with Crippen molar-refractivity contribution in [3.63, 3.8) is 0 Å². The summed E-state index contributed by atoms with van der Waals surface area (Å²) in [5.74, 6) is -0.998. The van der Waals surface area contributed by atoms with E-state index in [1.807, 2.05) is 0 Å². The lowest BCUT2D eigenvalue weighted by molar-refractivity contribution is -0.145. The molecule has 0 aromatic carbocycles. The first kappa shape index (κ1) is 12.5. The number of nitrogens with zero attached hydrogens (tertiary/aromatic N) is 3. The van der Waals surface area contributed by atoms with Crippen molar-refractivity contribution in [1.29, 1.82) is 0 Å². The van der Waals surface area contributed by atoms with Gasteiger partial charge in [0.1, 0.15) is 6.04 Å². The van der Waals surface area contributed by atoms with Gasteiger partial charge < -0.3 is 19.3 Å². The summed E-state index contributed by atoms with van der Waals surface area (Å²) in [5.41, 5.74) is 0. The van der Waals surface area contributed by atoms with E-state index in [0.717, 1.165) is 0 Å². The normalized spacial score (nSPS) is 23.2. The van der Waals surface area contributed by atoms with Crippen molar-refractivity contribution < 1.29 is 24.0 Å². The number of β-amino-alcohol motifs (C(OH)–C–C–N with tert-alkyl or cyclic N) is 1. The lowest BCUT2D eigenvalue weighted by atomic mass is 10.2. The molecule has 1 fully saturated rings. The molecule has 18 heavy (non-hydrogen) atoms. The van der Waals surface area contributed by atoms with Crippen molar-refractivity contribution in [2.24, 2.45) is 0 Å². The molecule has 2 heterocycles. The number of ether oxygens (including phenoxy) is 1. The molecule has 1 aromatic heterocycles. The average Bonchev–Trinajstić information content (AvgIpc) is 2.93. The molecule has 98 valence electrons. The Morgan fingerprint density at radius 3 is 2.83 bits per heavy atom. The molecule has 8 heteroatoms. The van der Waals surface area contributed by atoms with E-state index in [0.29, 0.717) is 0 Å². The van der Waals surface area contributed by atoms with Gasteiger partial charge in [0.2, 0.25) is 5.89 Å². The Bertz CT molecular complexity index is 472. The number of aryl methyl sites for hydroxylation is 1. The summed E-state index contributed by atoms with van der Waals surface area (Å²) in [6.45, 7) is 1.60. The summed E-state index contributed by atoms with van der Waals surface area (Å²) in [6, 6.07) is -0.809. The standard InChI is InChI=1S/C10H13N3O5/c1-5-11-8(12-18-5)9(15)13-4-6(14)3-7(13)10(16)17-2/h6-7,14H,3-4H2,1-2H3. The average molecular weight is 255 g/mol. The van der Waals surface area contributed by atoms with E-state index in [2.05, 4.69) is 14.9 Å². The number of rotatable bonds is 2. The second kappa shape index (κ2) is 4.73. The molecule has 2 unspecified atom stereocenters. The van der Waals surface area contributed by atoms with Gasteiger partial charge in [-0.1, -0.05) is 5.16 Å². The van der Waals surface area contributed by atoms with Crippen molar-refractivity contribution >= 4 is 11.9 Å². The summed E-state index contributed by atoms with van der Waals surface area (Å²) < 4.78 is 9.30. The zero-order chi connectivity index (χ0) is 13.3. The molecule has 0 saturated carbocycles. The molecule has 1 saturated heterocycles. The molecule has 8 nitrogen and oxygen atoms in total. The van der Waals surface area contributed by atoms with Gasteiger partial charge in [0.15, 0.2) is 0 Å². The van der Waals surface area contributed by atoms with E-state index in [1.54, 1.807) is 6.92 Å². The van der Waals surface area contributed by atoms with E-state index in [1.165, 1.54) is 12.0 Å². The molecule has 1 aromatic rings. The fourth-order valence-electron chi connectivity index (χ4n) is 1.91. The first-order valence-corrected chi connectivity index (χ1v) is 5.40. The third-order valence-electron chi connectivity index (χ3n) is 2.73. The number of esters is 1. The molecule has 0 radical (unpaired) electrons. The Morgan fingerprint density at radius 1 is 1.56 bits per heavy atom. The Kier molecular flexibility index (Phi) is 3.28. The summed E-state index contributed by atoms with van der Waals surface area (Å²) in [4.78, 5) is 28.6. The first-order chi connectivity index (χ1) is 8.52. The number of aromatic nitrogens is 2. The summed E-state index contributed by atoms with van der Waals surface area (Å²) >= 11 is 0. The van der Waals surface area contributed by atoms with E-state index in [4.69, 9.17) is 4.52 Å². The summed E-state index contributed by atoms with van der Waals surface area (Å²) in [7, 11) is 1.23. The number of amides is 1. The van der Waals surface area contributed by atoms with Crippen LogP contribution in [-0.4, -0.2) is 57.8 Å². The van der Waals surface area contributed by atoms with Crippen LogP contribution >= 0.6 is 0 Å². The molecule has 2 atom stereocenters. The molecule has 1 amide bonds. The minimum absolute atomic E-state index is 0.0478. The Hall–Kier alpha value is -1.96. The lowest BCUT2D eigenvalue weighted by Crippen LogP contribution is -2.41. The number of hydrogen-bond acceptors (Lipinski definition) is 7. The number of carbonyl (C=O) groups excluding carboxylic acids is 2. The predicted octanol–water partition coefficient (Wildman–Crippen LogP) is -0.874. The fraction of sp³-hybridized carbons (Fsp3) is 0.600. The highest BCUT2D eigenvalue weighted by molar-refractivity contribution is 5.94. The van der Waals surface area contributed by atoms with Crippen LogP contribution in [0.15, 0.2) is 4.52 Å². The Labute approximate surface area is 103 Å². The Morgan fingerprint density at radius 2 is 2.28 bits per heavy atom. The SMILES string of the molecule is COC(=O)C1CC(O)CN1C(=O)c1noc(C)n1. The van der Waals surface area contributed by atoms with Crippen LogP contribution in [-0.2, 0) is 9.53 Å². The van der Waals surface area contributed by atoms with Gasteiger partial charge in [-0.3, -0.25) is 4.79 Å². The zero-order valence-electron chi connectivity index (χ0n) is 9.99. The van der Waals surface area contributed by atoms with Crippen LogP contribution in [0, 0.1) is 6.92 Å². The molecule has 1 aliphatic heterocycles. The second-order valence-electron chi connectivity index (χ2n) is 4.02. The number of methoxy groups -OCH3 is 1. The topological polar surface area (TPSA) is 106 Å². The fourth-order valence-corrected chi connectivity index (χ4v) is 1.91. The van der Waals surface area contributed by atoms with Gasteiger partial charge in [-0.05, 0) is 0 Å². The molecule has 0 spiro atoms. The lowest BCUT2D eigenvalue weighted by Gasteiger charge is -2.20. The van der Waals surface area contributed by atoms with Crippen molar-refractivity contribution in [2.45, 2.75) is 25.5 Å². The van der Waals surface area contributed by atoms with Crippen LogP contribution in [0.25, 0.3) is 0 Å². The highest BCUT2D eigenvalue weighted by Gasteiger charge is 2.41. The first-order valence-electron chi connectivity index (χ1n) is 5.40. The van der Waals surface area contributed by atoms with Crippen molar-refractivity contribution in [3.8, 4) is 0 Å². The van der Waals surface area contributed by atoms with Gasteiger partial charge in [0.05, 0.1) is 13.2 Å². The number of aliphatic hydroxyl groups excluding tert-OH is 1. The molecule has 1 aliphatic rings. The highest BCUT2D eigenvalue weighted by Crippen LogP contribution is 2.20. The quantitative estimate of drug-likeness (QED) is 0.684. The minimum Gasteiger partial charge on any atom is -0.467 e. The third-order valence-corrected chi connectivity index (χ3v) is 2.73. The van der Waals surface area contributed by atoms with Crippen LogP contribution in [0.3, 0.4) is 0 Å². The number of hydrogen-bond donors (Lipinski definition) is 1. The van der Waals surface area contributed by atoms with Crippen LogP contribution in [0.2, 0.25) is 0 Å². The highest BCUT2D eigenvalue weighted by atomic mass is 16.5. The predicted molar refractivity (Wildman–Crippen MR) is 56.5 cm³/mol. The van der Waals surface area contributed by atoms with E-state index < -0.39 is 24.0 Å². The van der Waals surface area contributed by atoms with Crippen LogP contribution in [0.1, 0.15) is 22.9 Å². The second-order valence-corrected chi connectivity index (χ2v) is 4.02. The van der Waals surface area contributed by atoms with E-state index in [9.17, 15) is 14.7 Å². The number of aliphatic hydroxyl groups is 1. The smallest absolute Gasteiger partial charge is 0.328 e. The summed E-state index contributed by atoms with van der Waals surface area (Å²) in [5, 5.41) is 13.0. The molecular formula is C10H13N3O5. The van der Waals surface area contributed by atoms with Gasteiger partial charge >= 0.3 is 5.97 Å².